The van der Waals surface area contributed by atoms with Crippen molar-refractivity contribution < 1.29 is 10.0 Å². The van der Waals surface area contributed by atoms with Crippen LogP contribution in [0.4, 0.5) is 0 Å². The van der Waals surface area contributed by atoms with Crippen LogP contribution < -0.4 is 5.46 Å². The average molecular weight is 245 g/mol. The van der Waals surface area contributed by atoms with Crippen LogP contribution >= 0.6 is 35.6 Å². The van der Waals surface area contributed by atoms with E-state index in [4.69, 9.17) is 21.6 Å². The van der Waals surface area contributed by atoms with Gasteiger partial charge in [0.15, 0.2) is 0 Å². The molecule has 0 spiro atoms. The number of halogens is 1. The smallest absolute Gasteiger partial charge is 0.423 e. The number of hydrogen-bond donors (Lipinski definition) is 3. The van der Waals surface area contributed by atoms with Crippen LogP contribution in [-0.2, 0) is 0 Å². The summed E-state index contributed by atoms with van der Waals surface area (Å²) in [6.07, 6.45) is 0. The summed E-state index contributed by atoms with van der Waals surface area (Å²) in [5, 5.41) is 19.1. The van der Waals surface area contributed by atoms with Crippen molar-refractivity contribution in [2.45, 2.75) is 4.90 Å². The van der Waals surface area contributed by atoms with Crippen molar-refractivity contribution in [3.05, 3.63) is 22.5 Å². The number of fused-ring (bicyclic) bond motifs is 1. The maximum atomic E-state index is 9.05. The van der Waals surface area contributed by atoms with E-state index in [9.17, 15) is 0 Å². The molecule has 0 unspecified atom stereocenters. The van der Waals surface area contributed by atoms with Crippen molar-refractivity contribution in [2.24, 2.45) is 0 Å². The highest BCUT2D eigenvalue weighted by Crippen LogP contribution is 2.32. The van der Waals surface area contributed by atoms with E-state index in [2.05, 4.69) is 12.6 Å². The van der Waals surface area contributed by atoms with Gasteiger partial charge in [-0.2, -0.15) is 0 Å². The van der Waals surface area contributed by atoms with Crippen LogP contribution in [0.1, 0.15) is 0 Å². The molecule has 1 aromatic heterocycles. The fourth-order valence-electron chi connectivity index (χ4n) is 1.28. The largest absolute Gasteiger partial charge is 0.489 e. The molecule has 2 rings (SSSR count). The van der Waals surface area contributed by atoms with Gasteiger partial charge in [-0.1, -0.05) is 23.7 Å². The molecule has 0 atom stereocenters. The highest BCUT2D eigenvalue weighted by molar-refractivity contribution is 7.81. The van der Waals surface area contributed by atoms with E-state index in [1.165, 1.54) is 11.3 Å². The van der Waals surface area contributed by atoms with E-state index in [1.807, 2.05) is 6.07 Å². The summed E-state index contributed by atoms with van der Waals surface area (Å²) in [6, 6.07) is 5.26. The summed E-state index contributed by atoms with van der Waals surface area (Å²) >= 11 is 11.5. The van der Waals surface area contributed by atoms with E-state index in [1.54, 1.807) is 12.1 Å². The minimum absolute atomic E-state index is 0.402. The molecule has 0 saturated heterocycles. The van der Waals surface area contributed by atoms with Gasteiger partial charge in [0.25, 0.3) is 0 Å². The maximum absolute atomic E-state index is 9.05. The minimum atomic E-state index is -1.49. The van der Waals surface area contributed by atoms with Crippen molar-refractivity contribution in [3.63, 3.8) is 0 Å². The first-order chi connectivity index (χ1) is 6.59. The quantitative estimate of drug-likeness (QED) is 0.526. The Labute approximate surface area is 95.7 Å². The summed E-state index contributed by atoms with van der Waals surface area (Å²) in [6.45, 7) is 0. The van der Waals surface area contributed by atoms with Gasteiger partial charge in [0, 0.05) is 9.60 Å². The molecule has 6 heteroatoms. The van der Waals surface area contributed by atoms with Gasteiger partial charge in [0.1, 0.15) is 0 Å². The summed E-state index contributed by atoms with van der Waals surface area (Å²) in [5.41, 5.74) is 0.402. The van der Waals surface area contributed by atoms with E-state index >= 15 is 0 Å². The van der Waals surface area contributed by atoms with Crippen LogP contribution in [0.2, 0.25) is 4.34 Å². The second kappa shape index (κ2) is 3.75. The van der Waals surface area contributed by atoms with Gasteiger partial charge in [0.2, 0.25) is 0 Å². The molecule has 0 aliphatic rings. The summed E-state index contributed by atoms with van der Waals surface area (Å²) in [5.74, 6) is 0. The first-order valence-corrected chi connectivity index (χ1v) is 5.51. The zero-order chi connectivity index (χ0) is 10.3. The number of benzene rings is 1. The lowest BCUT2D eigenvalue weighted by atomic mass is 9.80. The first kappa shape index (κ1) is 10.3. The Morgan fingerprint density at radius 3 is 2.71 bits per heavy atom. The second-order valence-corrected chi connectivity index (χ2v) is 4.98. The van der Waals surface area contributed by atoms with Crippen LogP contribution in [0.15, 0.2) is 23.1 Å². The molecule has 0 bridgehead atoms. The molecule has 2 N–H and O–H groups in total. The Morgan fingerprint density at radius 1 is 1.36 bits per heavy atom. The van der Waals surface area contributed by atoms with Gasteiger partial charge >= 0.3 is 7.12 Å². The summed E-state index contributed by atoms with van der Waals surface area (Å²) in [4.78, 5) is 0.578. The number of hydrogen-bond acceptors (Lipinski definition) is 4. The SMILES string of the molecule is OB(O)c1ccc2cc(Cl)sc2c1S. The molecule has 2 aromatic rings. The topological polar surface area (TPSA) is 40.5 Å². The molecule has 0 saturated carbocycles. The Balaban J connectivity index is 2.74. The highest BCUT2D eigenvalue weighted by atomic mass is 35.5. The summed E-state index contributed by atoms with van der Waals surface area (Å²) in [7, 11) is -1.49. The third-order valence-electron chi connectivity index (χ3n) is 1.94. The lowest BCUT2D eigenvalue weighted by Gasteiger charge is -2.03. The number of rotatable bonds is 1. The molecular weight excluding hydrogens is 238 g/mol. The Kier molecular flexibility index (Phi) is 2.77. The molecule has 72 valence electrons. The maximum Gasteiger partial charge on any atom is 0.489 e. The van der Waals surface area contributed by atoms with Crippen LogP contribution in [0.25, 0.3) is 10.1 Å². The third-order valence-corrected chi connectivity index (χ3v) is 3.87. The highest BCUT2D eigenvalue weighted by Gasteiger charge is 2.17. The van der Waals surface area contributed by atoms with Crippen LogP contribution in [-0.4, -0.2) is 17.2 Å². The van der Waals surface area contributed by atoms with E-state index in [0.29, 0.717) is 14.7 Å². The van der Waals surface area contributed by atoms with Crippen molar-refractivity contribution in [3.8, 4) is 0 Å². The average Bonchev–Trinajstić information content (AvgIpc) is 2.46. The standard InChI is InChI=1S/C8H6BClO2S2/c10-6-3-4-1-2-5(9(11)12)7(13)8(4)14-6/h1-3,11-13H. The molecule has 0 aliphatic carbocycles. The number of thiol groups is 1. The van der Waals surface area contributed by atoms with Crippen molar-refractivity contribution in [1.29, 1.82) is 0 Å². The molecule has 0 amide bonds. The third kappa shape index (κ3) is 1.66. The number of thiophene rings is 1. The Bertz CT molecular complexity index is 483. The van der Waals surface area contributed by atoms with E-state index in [0.717, 1.165) is 10.1 Å². The first-order valence-electron chi connectivity index (χ1n) is 3.86. The molecule has 2 nitrogen and oxygen atoms in total. The molecular formula is C8H6BClO2S2. The van der Waals surface area contributed by atoms with Gasteiger partial charge in [0.05, 0.1) is 4.34 Å². The lowest BCUT2D eigenvalue weighted by Crippen LogP contribution is -2.30. The molecule has 0 radical (unpaired) electrons. The van der Waals surface area contributed by atoms with Crippen LogP contribution in [0.5, 0.6) is 0 Å². The van der Waals surface area contributed by atoms with E-state index in [-0.39, 0.29) is 0 Å². The van der Waals surface area contributed by atoms with Crippen LogP contribution in [0.3, 0.4) is 0 Å². The Morgan fingerprint density at radius 2 is 2.07 bits per heavy atom. The van der Waals surface area contributed by atoms with Crippen LogP contribution in [0, 0.1) is 0 Å². The van der Waals surface area contributed by atoms with Crippen molar-refractivity contribution in [2.75, 3.05) is 0 Å². The van der Waals surface area contributed by atoms with Crippen molar-refractivity contribution >= 4 is 58.2 Å². The molecule has 1 aromatic carbocycles. The predicted molar refractivity (Wildman–Crippen MR) is 63.9 cm³/mol. The second-order valence-electron chi connectivity index (χ2n) is 2.85. The van der Waals surface area contributed by atoms with E-state index < -0.39 is 7.12 Å². The molecule has 1 heterocycles. The molecule has 0 fully saturated rings. The van der Waals surface area contributed by atoms with Crippen molar-refractivity contribution in [1.82, 2.24) is 0 Å². The normalized spacial score (nSPS) is 10.9. The Hall–Kier alpha value is -0.195. The van der Waals surface area contributed by atoms with Gasteiger partial charge in [-0.25, -0.2) is 0 Å². The summed E-state index contributed by atoms with van der Waals surface area (Å²) < 4.78 is 1.55. The van der Waals surface area contributed by atoms with Gasteiger partial charge in [-0.3, -0.25) is 0 Å². The van der Waals surface area contributed by atoms with Gasteiger partial charge in [-0.05, 0) is 16.9 Å². The molecule has 14 heavy (non-hydrogen) atoms. The fourth-order valence-corrected chi connectivity index (χ4v) is 2.93. The zero-order valence-corrected chi connectivity index (χ0v) is 9.40. The van der Waals surface area contributed by atoms with Gasteiger partial charge in [-0.15, -0.1) is 24.0 Å². The fraction of sp³-hybridized carbons (Fsp3) is 0. The van der Waals surface area contributed by atoms with Gasteiger partial charge < -0.3 is 10.0 Å². The molecule has 0 aliphatic heterocycles. The minimum Gasteiger partial charge on any atom is -0.423 e. The zero-order valence-electron chi connectivity index (χ0n) is 6.94. The predicted octanol–water partition coefficient (Wildman–Crippen LogP) is 1.52. The monoisotopic (exact) mass is 244 g/mol. The lowest BCUT2D eigenvalue weighted by molar-refractivity contribution is 0.425.